The third-order valence-electron chi connectivity index (χ3n) is 1.79. The lowest BCUT2D eigenvalue weighted by Crippen LogP contribution is -2.17. The van der Waals surface area contributed by atoms with E-state index in [0.717, 1.165) is 0 Å². The highest BCUT2D eigenvalue weighted by molar-refractivity contribution is 14.1. The van der Waals surface area contributed by atoms with Gasteiger partial charge in [-0.05, 0) is 46.4 Å². The minimum absolute atomic E-state index is 0.00314. The van der Waals surface area contributed by atoms with Crippen LogP contribution in [0.4, 0.5) is 13.2 Å². The van der Waals surface area contributed by atoms with Crippen LogP contribution in [0, 0.1) is 3.57 Å². The second kappa shape index (κ2) is 5.90. The molecule has 0 heterocycles. The molecule has 0 amide bonds. The summed E-state index contributed by atoms with van der Waals surface area (Å²) in [7, 11) is 0. The first kappa shape index (κ1) is 14.6. The molecule has 1 aromatic carbocycles. The van der Waals surface area contributed by atoms with Gasteiger partial charge in [-0.3, -0.25) is 4.79 Å². The molecule has 0 N–H and O–H groups in total. The van der Waals surface area contributed by atoms with Crippen LogP contribution in [0.3, 0.4) is 0 Å². The molecule has 17 heavy (non-hydrogen) atoms. The van der Waals surface area contributed by atoms with Gasteiger partial charge in [-0.1, -0.05) is 0 Å². The Morgan fingerprint density at radius 1 is 1.41 bits per heavy atom. The van der Waals surface area contributed by atoms with Crippen LogP contribution in [0.5, 0.6) is 5.75 Å². The molecule has 1 aromatic rings. The molecule has 0 aliphatic carbocycles. The van der Waals surface area contributed by atoms with E-state index in [-0.39, 0.29) is 23.8 Å². The zero-order valence-corrected chi connectivity index (χ0v) is 11.3. The molecule has 0 saturated heterocycles. The molecular formula is C10H7ClF3IO2. The van der Waals surface area contributed by atoms with Gasteiger partial charge in [0, 0.05) is 9.99 Å². The van der Waals surface area contributed by atoms with Crippen molar-refractivity contribution < 1.29 is 22.7 Å². The van der Waals surface area contributed by atoms with Gasteiger partial charge in [0.15, 0.2) is 5.78 Å². The molecule has 1 rings (SSSR count). The smallest absolute Gasteiger partial charge is 0.406 e. The number of rotatable bonds is 4. The number of hydrogen-bond acceptors (Lipinski definition) is 2. The largest absolute Gasteiger partial charge is 0.573 e. The lowest BCUT2D eigenvalue weighted by Gasteiger charge is -2.10. The van der Waals surface area contributed by atoms with Crippen LogP contribution in [0.15, 0.2) is 18.2 Å². The van der Waals surface area contributed by atoms with E-state index >= 15 is 0 Å². The van der Waals surface area contributed by atoms with Crippen LogP contribution in [-0.2, 0) is 11.2 Å². The SMILES string of the molecule is O=C(CCl)Cc1cc(OC(F)(F)F)ccc1I. The quantitative estimate of drug-likeness (QED) is 0.592. The number of Topliss-reactive ketones (excluding diaryl/α,β-unsaturated/α-hetero) is 1. The van der Waals surface area contributed by atoms with Crippen molar-refractivity contribution in [2.24, 2.45) is 0 Å². The second-order valence-corrected chi connectivity index (χ2v) is 4.58. The van der Waals surface area contributed by atoms with E-state index in [1.165, 1.54) is 18.2 Å². The maximum atomic E-state index is 12.0. The monoisotopic (exact) mass is 378 g/mol. The average Bonchev–Trinajstić information content (AvgIpc) is 2.20. The third kappa shape index (κ3) is 5.12. The lowest BCUT2D eigenvalue weighted by atomic mass is 10.1. The fourth-order valence-corrected chi connectivity index (χ4v) is 1.76. The Morgan fingerprint density at radius 2 is 2.06 bits per heavy atom. The highest BCUT2D eigenvalue weighted by atomic mass is 127. The fourth-order valence-electron chi connectivity index (χ4n) is 1.14. The van der Waals surface area contributed by atoms with Crippen molar-refractivity contribution in [2.75, 3.05) is 5.88 Å². The number of halogens is 5. The van der Waals surface area contributed by atoms with Crippen molar-refractivity contribution in [1.29, 1.82) is 0 Å². The van der Waals surface area contributed by atoms with Crippen LogP contribution in [0.25, 0.3) is 0 Å². The molecule has 7 heteroatoms. The summed E-state index contributed by atoms with van der Waals surface area (Å²) in [5, 5.41) is 0. The van der Waals surface area contributed by atoms with Gasteiger partial charge in [0.2, 0.25) is 0 Å². The van der Waals surface area contributed by atoms with Gasteiger partial charge in [-0.25, -0.2) is 0 Å². The average molecular weight is 379 g/mol. The van der Waals surface area contributed by atoms with Crippen LogP contribution in [0.1, 0.15) is 5.56 Å². The number of ether oxygens (including phenoxy) is 1. The number of ketones is 1. The molecule has 0 bridgehead atoms. The first-order valence-corrected chi connectivity index (χ1v) is 6.05. The van der Waals surface area contributed by atoms with Gasteiger partial charge in [0.1, 0.15) is 5.75 Å². The molecule has 0 aliphatic rings. The second-order valence-electron chi connectivity index (χ2n) is 3.15. The van der Waals surface area contributed by atoms with Gasteiger partial charge in [-0.2, -0.15) is 0 Å². The van der Waals surface area contributed by atoms with Crippen LogP contribution in [0.2, 0.25) is 0 Å². The number of hydrogen-bond donors (Lipinski definition) is 0. The number of carbonyl (C=O) groups is 1. The maximum absolute atomic E-state index is 12.0. The predicted octanol–water partition coefficient (Wildman–Crippen LogP) is 3.54. The highest BCUT2D eigenvalue weighted by Crippen LogP contribution is 2.26. The zero-order valence-electron chi connectivity index (χ0n) is 8.35. The summed E-state index contributed by atoms with van der Waals surface area (Å²) in [5.41, 5.74) is 0.470. The summed E-state index contributed by atoms with van der Waals surface area (Å²) in [6, 6.07) is 3.85. The Labute approximate surface area is 114 Å². The molecule has 0 saturated carbocycles. The third-order valence-corrected chi connectivity index (χ3v) is 3.14. The molecule has 0 aromatic heterocycles. The Morgan fingerprint density at radius 3 is 2.59 bits per heavy atom. The van der Waals surface area contributed by atoms with Crippen LogP contribution in [-0.4, -0.2) is 18.0 Å². The number of alkyl halides is 4. The minimum Gasteiger partial charge on any atom is -0.406 e. The molecule has 0 radical (unpaired) electrons. The van der Waals surface area contributed by atoms with Gasteiger partial charge in [0.25, 0.3) is 0 Å². The van der Waals surface area contributed by atoms with E-state index in [1.54, 1.807) is 0 Å². The Kier molecular flexibility index (Phi) is 5.05. The van der Waals surface area contributed by atoms with E-state index in [0.29, 0.717) is 9.13 Å². The number of carbonyl (C=O) groups excluding carboxylic acids is 1. The Bertz CT molecular complexity index is 421. The van der Waals surface area contributed by atoms with Crippen LogP contribution >= 0.6 is 34.2 Å². The molecule has 94 valence electrons. The van der Waals surface area contributed by atoms with Crippen molar-refractivity contribution in [3.63, 3.8) is 0 Å². The molecule has 0 spiro atoms. The van der Waals surface area contributed by atoms with E-state index in [9.17, 15) is 18.0 Å². The highest BCUT2D eigenvalue weighted by Gasteiger charge is 2.31. The first-order chi connectivity index (χ1) is 7.81. The Hall–Kier alpha value is -0.500. The van der Waals surface area contributed by atoms with E-state index in [4.69, 9.17) is 11.6 Å². The summed E-state index contributed by atoms with van der Waals surface area (Å²) in [5.74, 6) is -0.760. The predicted molar refractivity (Wildman–Crippen MR) is 65.3 cm³/mol. The standard InChI is InChI=1S/C10H7ClF3IO2/c11-5-7(16)3-6-4-8(1-2-9(6)15)17-10(12,13)14/h1-2,4H,3,5H2. The maximum Gasteiger partial charge on any atom is 0.573 e. The zero-order chi connectivity index (χ0) is 13.1. The summed E-state index contributed by atoms with van der Waals surface area (Å²) >= 11 is 7.27. The molecular weight excluding hydrogens is 371 g/mol. The van der Waals surface area contributed by atoms with Gasteiger partial charge in [0.05, 0.1) is 5.88 Å². The van der Waals surface area contributed by atoms with Gasteiger partial charge in [-0.15, -0.1) is 24.8 Å². The van der Waals surface area contributed by atoms with E-state index in [1.807, 2.05) is 22.6 Å². The molecule has 0 aliphatic heterocycles. The van der Waals surface area contributed by atoms with Gasteiger partial charge >= 0.3 is 6.36 Å². The lowest BCUT2D eigenvalue weighted by molar-refractivity contribution is -0.274. The molecule has 0 fully saturated rings. The summed E-state index contributed by atoms with van der Waals surface area (Å²) in [4.78, 5) is 11.1. The summed E-state index contributed by atoms with van der Waals surface area (Å²) in [6.07, 6.45) is -4.74. The first-order valence-electron chi connectivity index (χ1n) is 4.43. The molecule has 0 atom stereocenters. The molecule has 2 nitrogen and oxygen atoms in total. The molecule has 0 unspecified atom stereocenters. The van der Waals surface area contributed by atoms with Crippen molar-refractivity contribution in [3.8, 4) is 5.75 Å². The minimum atomic E-state index is -4.74. The van der Waals surface area contributed by atoms with Crippen molar-refractivity contribution in [3.05, 3.63) is 27.3 Å². The van der Waals surface area contributed by atoms with Gasteiger partial charge < -0.3 is 4.74 Å². The van der Waals surface area contributed by atoms with E-state index < -0.39 is 6.36 Å². The fraction of sp³-hybridized carbons (Fsp3) is 0.300. The van der Waals surface area contributed by atoms with Crippen LogP contribution < -0.4 is 4.74 Å². The summed E-state index contributed by atoms with van der Waals surface area (Å²) < 4.78 is 40.4. The Balaban J connectivity index is 2.90. The normalized spacial score (nSPS) is 11.4. The summed E-state index contributed by atoms with van der Waals surface area (Å²) in [6.45, 7) is 0. The van der Waals surface area contributed by atoms with Crippen molar-refractivity contribution >= 4 is 40.0 Å². The van der Waals surface area contributed by atoms with Crippen molar-refractivity contribution in [1.82, 2.24) is 0 Å². The number of benzene rings is 1. The van der Waals surface area contributed by atoms with E-state index in [2.05, 4.69) is 4.74 Å². The topological polar surface area (TPSA) is 26.3 Å². The van der Waals surface area contributed by atoms with Crippen molar-refractivity contribution in [2.45, 2.75) is 12.8 Å².